The molecule has 0 saturated heterocycles. The Balaban J connectivity index is 0.000000583. The van der Waals surface area contributed by atoms with E-state index in [9.17, 15) is 0 Å². The van der Waals surface area contributed by atoms with Crippen molar-refractivity contribution in [3.63, 3.8) is 0 Å². The fourth-order valence-corrected chi connectivity index (χ4v) is 1.83. The maximum atomic E-state index is 8.88. The van der Waals surface area contributed by atoms with Gasteiger partial charge in [0.05, 0.1) is 0 Å². The summed E-state index contributed by atoms with van der Waals surface area (Å²) in [5.41, 5.74) is 2.74. The number of hydrogen-bond donors (Lipinski definition) is 3. The number of hydrogen-bond acceptors (Lipinski definition) is 1. The van der Waals surface area contributed by atoms with E-state index in [2.05, 4.69) is 62.4 Å². The average molecular weight is 300 g/mol. The smallest absolute Gasteiger partial charge is 0.303 e. The zero-order valence-corrected chi connectivity index (χ0v) is 13.3. The molecule has 3 N–H and O–H groups in total. The Morgan fingerprint density at radius 1 is 0.905 bits per heavy atom. The SMILES string of the molecule is CC(C)(c1cc[c-]cc1)c1ccccc1.O=P(O)(O)O.[Li+]. The van der Waals surface area contributed by atoms with Gasteiger partial charge in [-0.05, 0) is 11.0 Å². The van der Waals surface area contributed by atoms with Crippen molar-refractivity contribution in [3.05, 3.63) is 71.8 Å². The van der Waals surface area contributed by atoms with Gasteiger partial charge in [-0.25, -0.2) is 4.57 Å². The van der Waals surface area contributed by atoms with Crippen molar-refractivity contribution in [1.82, 2.24) is 0 Å². The molecule has 6 heteroatoms. The van der Waals surface area contributed by atoms with Crippen molar-refractivity contribution < 1.29 is 38.1 Å². The molecule has 0 bridgehead atoms. The van der Waals surface area contributed by atoms with Crippen molar-refractivity contribution in [1.29, 1.82) is 0 Å². The van der Waals surface area contributed by atoms with Crippen LogP contribution in [0.2, 0.25) is 0 Å². The summed E-state index contributed by atoms with van der Waals surface area (Å²) >= 11 is 0. The fraction of sp³-hybridized carbons (Fsp3) is 0.200. The summed E-state index contributed by atoms with van der Waals surface area (Å²) in [7, 11) is -4.64. The van der Waals surface area contributed by atoms with Gasteiger partial charge >= 0.3 is 26.7 Å². The van der Waals surface area contributed by atoms with E-state index in [1.54, 1.807) is 0 Å². The van der Waals surface area contributed by atoms with Gasteiger partial charge in [-0.2, -0.15) is 30.3 Å². The molecule has 0 aliphatic heterocycles. The molecule has 0 saturated carbocycles. The minimum atomic E-state index is -4.64. The van der Waals surface area contributed by atoms with Crippen molar-refractivity contribution in [2.45, 2.75) is 19.3 Å². The molecular formula is C15H18LiO4P. The first-order valence-electron chi connectivity index (χ1n) is 6.01. The fourth-order valence-electron chi connectivity index (χ4n) is 1.83. The Hall–Kier alpha value is -0.853. The average Bonchev–Trinajstić information content (AvgIpc) is 2.39. The predicted octanol–water partition coefficient (Wildman–Crippen LogP) is -0.112. The molecule has 108 valence electrons. The largest absolute Gasteiger partial charge is 1.00 e. The standard InChI is InChI=1S/C15H15.Li.H3O4P/c1-15(2,13-9-5-3-6-10-13)14-11-7-4-8-12-14;;1-5(2,3)4/h3,5-12H,1-2H3;;(H3,1,2,3,4)/q-1;+1;. The molecule has 0 spiro atoms. The van der Waals surface area contributed by atoms with E-state index in [0.29, 0.717) is 0 Å². The van der Waals surface area contributed by atoms with Gasteiger partial charge in [-0.1, -0.05) is 44.2 Å². The van der Waals surface area contributed by atoms with Crippen LogP contribution in [0.1, 0.15) is 25.0 Å². The Morgan fingerprint density at radius 3 is 1.71 bits per heavy atom. The topological polar surface area (TPSA) is 77.8 Å². The molecule has 0 amide bonds. The zero-order chi connectivity index (χ0) is 15.2. The second kappa shape index (κ2) is 8.56. The van der Waals surface area contributed by atoms with Crippen LogP contribution in [0, 0.1) is 6.07 Å². The van der Waals surface area contributed by atoms with Crippen LogP contribution in [0.25, 0.3) is 0 Å². The predicted molar refractivity (Wildman–Crippen MR) is 78.1 cm³/mol. The number of phosphoric acid groups is 1. The Labute approximate surface area is 137 Å². The maximum absolute atomic E-state index is 8.88. The van der Waals surface area contributed by atoms with Gasteiger partial charge in [0.25, 0.3) is 0 Å². The van der Waals surface area contributed by atoms with Gasteiger partial charge in [0, 0.05) is 0 Å². The summed E-state index contributed by atoms with van der Waals surface area (Å²) in [6.45, 7) is 4.50. The monoisotopic (exact) mass is 300 g/mol. The third-order valence-electron chi connectivity index (χ3n) is 2.94. The minimum absolute atomic E-state index is 0. The van der Waals surface area contributed by atoms with E-state index in [0.717, 1.165) is 0 Å². The van der Waals surface area contributed by atoms with Crippen molar-refractivity contribution in [3.8, 4) is 0 Å². The van der Waals surface area contributed by atoms with Gasteiger partial charge < -0.3 is 14.7 Å². The summed E-state index contributed by atoms with van der Waals surface area (Å²) in [5, 5.41) is 0. The van der Waals surface area contributed by atoms with Crippen molar-refractivity contribution in [2.24, 2.45) is 0 Å². The summed E-state index contributed by atoms with van der Waals surface area (Å²) in [5.74, 6) is 0. The summed E-state index contributed by atoms with van der Waals surface area (Å²) in [6, 6.07) is 21.9. The van der Waals surface area contributed by atoms with Crippen LogP contribution < -0.4 is 18.9 Å². The van der Waals surface area contributed by atoms with Crippen LogP contribution in [-0.2, 0) is 9.98 Å². The van der Waals surface area contributed by atoms with Crippen LogP contribution in [0.4, 0.5) is 0 Å². The molecule has 0 radical (unpaired) electrons. The van der Waals surface area contributed by atoms with Gasteiger partial charge in [0.15, 0.2) is 0 Å². The van der Waals surface area contributed by atoms with Crippen LogP contribution in [0.3, 0.4) is 0 Å². The molecule has 21 heavy (non-hydrogen) atoms. The summed E-state index contributed by atoms with van der Waals surface area (Å²) in [6.07, 6.45) is 0. The van der Waals surface area contributed by atoms with Crippen LogP contribution >= 0.6 is 7.82 Å². The van der Waals surface area contributed by atoms with E-state index in [1.165, 1.54) is 11.1 Å². The maximum Gasteiger partial charge on any atom is 1.00 e. The van der Waals surface area contributed by atoms with E-state index in [1.807, 2.05) is 12.1 Å². The van der Waals surface area contributed by atoms with Gasteiger partial charge in [0.2, 0.25) is 0 Å². The molecule has 2 aromatic rings. The normalized spacial score (nSPS) is 10.9. The molecule has 0 aliphatic rings. The molecule has 2 rings (SSSR count). The van der Waals surface area contributed by atoms with Gasteiger partial charge in [-0.3, -0.25) is 0 Å². The first-order valence-corrected chi connectivity index (χ1v) is 7.58. The van der Waals surface area contributed by atoms with Gasteiger partial charge in [0.1, 0.15) is 0 Å². The summed E-state index contributed by atoms with van der Waals surface area (Å²) < 4.78 is 8.88. The molecular weight excluding hydrogens is 282 g/mol. The van der Waals surface area contributed by atoms with Gasteiger partial charge in [-0.15, -0.1) is 5.56 Å². The zero-order valence-electron chi connectivity index (χ0n) is 12.4. The van der Waals surface area contributed by atoms with Crippen molar-refractivity contribution >= 4 is 7.82 Å². The molecule has 4 nitrogen and oxygen atoms in total. The molecule has 0 unspecified atom stereocenters. The summed E-state index contributed by atoms with van der Waals surface area (Å²) in [4.78, 5) is 21.6. The second-order valence-corrected chi connectivity index (χ2v) is 5.82. The molecule has 0 atom stereocenters. The number of benzene rings is 2. The van der Waals surface area contributed by atoms with Crippen LogP contribution in [0.5, 0.6) is 0 Å². The second-order valence-electron chi connectivity index (χ2n) is 4.79. The third kappa shape index (κ3) is 7.64. The third-order valence-corrected chi connectivity index (χ3v) is 2.94. The molecule has 2 aromatic carbocycles. The quantitative estimate of drug-likeness (QED) is 0.411. The number of rotatable bonds is 2. The Bertz CT molecular complexity index is 517. The molecule has 0 heterocycles. The van der Waals surface area contributed by atoms with E-state index in [-0.39, 0.29) is 24.3 Å². The minimum Gasteiger partial charge on any atom is -0.303 e. The van der Waals surface area contributed by atoms with Crippen LogP contribution in [-0.4, -0.2) is 14.7 Å². The molecule has 0 aliphatic carbocycles. The Kier molecular flexibility index (Phi) is 8.21. The molecule has 0 fully saturated rings. The molecule has 0 aromatic heterocycles. The van der Waals surface area contributed by atoms with Crippen molar-refractivity contribution in [2.75, 3.05) is 0 Å². The first-order chi connectivity index (χ1) is 9.21. The first kappa shape index (κ1) is 20.1. The Morgan fingerprint density at radius 2 is 1.29 bits per heavy atom. The van der Waals surface area contributed by atoms with E-state index in [4.69, 9.17) is 19.2 Å². The van der Waals surface area contributed by atoms with E-state index >= 15 is 0 Å². The van der Waals surface area contributed by atoms with Crippen LogP contribution in [0.15, 0.2) is 54.6 Å². The van der Waals surface area contributed by atoms with E-state index < -0.39 is 7.82 Å².